The lowest BCUT2D eigenvalue weighted by molar-refractivity contribution is -0.128. The van der Waals surface area contributed by atoms with Gasteiger partial charge in [-0.05, 0) is 49.1 Å². The van der Waals surface area contributed by atoms with Crippen LogP contribution in [0.4, 0.5) is 15.8 Å². The molecule has 3 rings (SSSR count). The van der Waals surface area contributed by atoms with Crippen LogP contribution in [0.3, 0.4) is 0 Å². The minimum atomic E-state index is -0.389. The second-order valence-electron chi connectivity index (χ2n) is 6.42. The van der Waals surface area contributed by atoms with E-state index in [2.05, 4.69) is 9.98 Å². The van der Waals surface area contributed by atoms with E-state index in [0.717, 1.165) is 0 Å². The van der Waals surface area contributed by atoms with Crippen LogP contribution in [-0.2, 0) is 4.79 Å². The molecule has 0 spiro atoms. The quantitative estimate of drug-likeness (QED) is 0.576. The number of aliphatic hydroxyl groups is 1. The predicted octanol–water partition coefficient (Wildman–Crippen LogP) is 3.97. The van der Waals surface area contributed by atoms with Gasteiger partial charge >= 0.3 is 0 Å². The van der Waals surface area contributed by atoms with Crippen LogP contribution in [-0.4, -0.2) is 45.4 Å². The summed E-state index contributed by atoms with van der Waals surface area (Å²) in [5, 5.41) is 23.2. The second kappa shape index (κ2) is 9.41. The summed E-state index contributed by atoms with van der Waals surface area (Å²) < 4.78 is 13.2. The van der Waals surface area contributed by atoms with Gasteiger partial charge in [0.15, 0.2) is 0 Å². The normalized spacial score (nSPS) is 14.9. The first-order valence-corrected chi connectivity index (χ1v) is 10.5. The Morgan fingerprint density at radius 1 is 1.33 bits per heavy atom. The van der Waals surface area contributed by atoms with Crippen LogP contribution in [0.15, 0.2) is 58.9 Å². The van der Waals surface area contributed by atoms with E-state index in [4.69, 9.17) is 5.26 Å². The molecule has 1 aromatic carbocycles. The first-order valence-electron chi connectivity index (χ1n) is 9.24. The largest absolute Gasteiger partial charge is 0.509 e. The Hall–Kier alpha value is -3.38. The molecule has 1 N–H and O–H groups in total. The number of aliphatic imine (C=N–C) groups is 1. The molecule has 0 saturated carbocycles. The lowest BCUT2D eigenvalue weighted by Gasteiger charge is -2.40. The molecule has 0 radical (unpaired) electrons. The minimum absolute atomic E-state index is 0.0532. The zero-order valence-electron chi connectivity index (χ0n) is 16.5. The number of carbonyl (C=O) groups is 1. The van der Waals surface area contributed by atoms with Gasteiger partial charge < -0.3 is 5.11 Å². The number of nitrogens with zero attached hydrogens (tertiary/aromatic N) is 5. The first-order chi connectivity index (χ1) is 14.5. The predicted molar refractivity (Wildman–Crippen MR) is 115 cm³/mol. The number of halogens is 1. The number of pyridine rings is 1. The number of amides is 1. The average Bonchev–Trinajstić information content (AvgIpc) is 2.76. The number of hydrogen-bond acceptors (Lipinski definition) is 7. The highest BCUT2D eigenvalue weighted by atomic mass is 32.2. The molecule has 2 aromatic rings. The number of hydrogen-bond donors (Lipinski definition) is 1. The second-order valence-corrected chi connectivity index (χ2v) is 7.21. The summed E-state index contributed by atoms with van der Waals surface area (Å²) in [6.07, 6.45) is 3.95. The summed E-state index contributed by atoms with van der Waals surface area (Å²) in [5.41, 5.74) is 1.45. The zero-order valence-corrected chi connectivity index (χ0v) is 17.4. The van der Waals surface area contributed by atoms with Crippen LogP contribution in [0.1, 0.15) is 19.0 Å². The van der Waals surface area contributed by atoms with Crippen LogP contribution in [0.25, 0.3) is 0 Å². The molecule has 0 saturated heterocycles. The van der Waals surface area contributed by atoms with Gasteiger partial charge in [0.2, 0.25) is 0 Å². The fraction of sp³-hybridized carbons (Fsp3) is 0.238. The van der Waals surface area contributed by atoms with Gasteiger partial charge in [-0.25, -0.2) is 19.4 Å². The Balaban J connectivity index is 2.01. The molecule has 1 amide bonds. The molecule has 1 aliphatic rings. The van der Waals surface area contributed by atoms with Crippen molar-refractivity contribution in [3.8, 4) is 6.07 Å². The molecule has 0 fully saturated rings. The third-order valence-electron chi connectivity index (χ3n) is 4.39. The third-order valence-corrected chi connectivity index (χ3v) is 5.07. The molecule has 9 heteroatoms. The smallest absolute Gasteiger partial charge is 0.278 e. The lowest BCUT2D eigenvalue weighted by atomic mass is 10.1. The van der Waals surface area contributed by atoms with Gasteiger partial charge in [0.25, 0.3) is 5.91 Å². The standard InChI is InChI=1S/C21H20FN5O2S/c1-3-10-26-21(29)19(20(30-2)25-15-6-4-14(22)5-7-15)18(28)13-27(26)17-9-8-16(11-23)24-12-17/h4-9,12,28H,3,10,13H2,1-2H3. The van der Waals surface area contributed by atoms with E-state index >= 15 is 0 Å². The molecular weight excluding hydrogens is 405 g/mol. The number of nitriles is 1. The highest BCUT2D eigenvalue weighted by Gasteiger charge is 2.35. The summed E-state index contributed by atoms with van der Waals surface area (Å²) in [6.45, 7) is 2.42. The van der Waals surface area contributed by atoms with Crippen LogP contribution < -0.4 is 5.01 Å². The molecule has 2 heterocycles. The molecule has 30 heavy (non-hydrogen) atoms. The van der Waals surface area contributed by atoms with Crippen molar-refractivity contribution in [2.45, 2.75) is 13.3 Å². The maximum atomic E-state index is 13.3. The Kier molecular flexibility index (Phi) is 6.69. The number of aromatic nitrogens is 1. The fourth-order valence-corrected chi connectivity index (χ4v) is 3.60. The SMILES string of the molecule is CCCN1C(=O)C(C(=Nc2ccc(F)cc2)SC)=C(O)CN1c1ccc(C#N)nc1. The molecule has 1 aliphatic heterocycles. The van der Waals surface area contributed by atoms with E-state index in [-0.39, 0.29) is 35.3 Å². The summed E-state index contributed by atoms with van der Waals surface area (Å²) in [7, 11) is 0. The topological polar surface area (TPSA) is 92.8 Å². The Morgan fingerprint density at radius 2 is 2.07 bits per heavy atom. The summed E-state index contributed by atoms with van der Waals surface area (Å²) >= 11 is 1.23. The Bertz CT molecular complexity index is 1030. The first kappa shape index (κ1) is 21.3. The number of thioether (sulfide) groups is 1. The lowest BCUT2D eigenvalue weighted by Crippen LogP contribution is -2.53. The van der Waals surface area contributed by atoms with Crippen LogP contribution in [0.2, 0.25) is 0 Å². The van der Waals surface area contributed by atoms with Crippen molar-refractivity contribution in [2.75, 3.05) is 24.4 Å². The van der Waals surface area contributed by atoms with Gasteiger partial charge in [-0.15, -0.1) is 11.8 Å². The van der Waals surface area contributed by atoms with Crippen molar-refractivity contribution in [2.24, 2.45) is 4.99 Å². The van der Waals surface area contributed by atoms with E-state index < -0.39 is 0 Å². The number of hydrazine groups is 1. The van der Waals surface area contributed by atoms with Crippen molar-refractivity contribution in [3.63, 3.8) is 0 Å². The van der Waals surface area contributed by atoms with Crippen molar-refractivity contribution in [3.05, 3.63) is 65.4 Å². The zero-order chi connectivity index (χ0) is 21.7. The third kappa shape index (κ3) is 4.44. The van der Waals surface area contributed by atoms with E-state index in [0.29, 0.717) is 29.4 Å². The van der Waals surface area contributed by atoms with E-state index in [1.807, 2.05) is 13.0 Å². The molecule has 0 aliphatic carbocycles. The summed E-state index contributed by atoms with van der Waals surface area (Å²) in [6, 6.07) is 10.8. The van der Waals surface area contributed by atoms with Crippen molar-refractivity contribution in [1.29, 1.82) is 5.26 Å². The molecule has 1 aromatic heterocycles. The molecule has 0 bridgehead atoms. The van der Waals surface area contributed by atoms with Gasteiger partial charge in [0, 0.05) is 6.54 Å². The average molecular weight is 425 g/mol. The molecule has 7 nitrogen and oxygen atoms in total. The van der Waals surface area contributed by atoms with E-state index in [9.17, 15) is 14.3 Å². The highest BCUT2D eigenvalue weighted by molar-refractivity contribution is 8.14. The van der Waals surface area contributed by atoms with Gasteiger partial charge in [-0.3, -0.25) is 9.80 Å². The fourth-order valence-electron chi connectivity index (χ4n) is 2.99. The highest BCUT2D eigenvalue weighted by Crippen LogP contribution is 2.29. The number of aliphatic hydroxyl groups excluding tert-OH is 1. The Morgan fingerprint density at radius 3 is 2.63 bits per heavy atom. The van der Waals surface area contributed by atoms with Crippen LogP contribution in [0.5, 0.6) is 0 Å². The Labute approximate surface area is 178 Å². The summed E-state index contributed by atoms with van der Waals surface area (Å²) in [5.74, 6) is -0.886. The maximum Gasteiger partial charge on any atom is 0.278 e. The monoisotopic (exact) mass is 425 g/mol. The number of benzene rings is 1. The number of anilines is 1. The maximum absolute atomic E-state index is 13.3. The number of rotatable bonds is 5. The molecule has 154 valence electrons. The van der Waals surface area contributed by atoms with Crippen molar-refractivity contribution in [1.82, 2.24) is 9.99 Å². The molecule has 0 unspecified atom stereocenters. The number of carbonyl (C=O) groups excluding carboxylic acids is 1. The summed E-state index contributed by atoms with van der Waals surface area (Å²) in [4.78, 5) is 21.8. The van der Waals surface area contributed by atoms with Crippen molar-refractivity contribution < 1.29 is 14.3 Å². The van der Waals surface area contributed by atoms with Crippen molar-refractivity contribution >= 4 is 34.1 Å². The molecular formula is C21H20FN5O2S. The van der Waals surface area contributed by atoms with Gasteiger partial charge in [0.05, 0.1) is 24.1 Å². The molecule has 0 atom stereocenters. The van der Waals surface area contributed by atoms with E-state index in [1.54, 1.807) is 23.4 Å². The van der Waals surface area contributed by atoms with Gasteiger partial charge in [-0.1, -0.05) is 6.92 Å². The van der Waals surface area contributed by atoms with Gasteiger partial charge in [0.1, 0.15) is 34.0 Å². The van der Waals surface area contributed by atoms with E-state index in [1.165, 1.54) is 47.2 Å². The van der Waals surface area contributed by atoms with Crippen LogP contribution in [0, 0.1) is 17.1 Å². The van der Waals surface area contributed by atoms with Gasteiger partial charge in [-0.2, -0.15) is 5.26 Å². The minimum Gasteiger partial charge on any atom is -0.509 e. The van der Waals surface area contributed by atoms with Crippen LogP contribution >= 0.6 is 11.8 Å².